The van der Waals surface area contributed by atoms with E-state index in [9.17, 15) is 9.18 Å². The molecule has 1 N–H and O–H groups in total. The van der Waals surface area contributed by atoms with Gasteiger partial charge in [0.1, 0.15) is 29.8 Å². The van der Waals surface area contributed by atoms with Crippen molar-refractivity contribution in [3.63, 3.8) is 0 Å². The van der Waals surface area contributed by atoms with Gasteiger partial charge < -0.3 is 14.2 Å². The number of fused-ring (bicyclic) bond motifs is 1. The number of rotatable bonds is 8. The number of nitrogens with one attached hydrogen (secondary N) is 1. The quantitative estimate of drug-likeness (QED) is 0.358. The van der Waals surface area contributed by atoms with Gasteiger partial charge in [-0.05, 0) is 53.7 Å². The molecule has 3 aromatic rings. The van der Waals surface area contributed by atoms with Crippen LogP contribution in [0.25, 0.3) is 6.08 Å². The van der Waals surface area contributed by atoms with Gasteiger partial charge in [0.05, 0.1) is 17.7 Å². The molecule has 0 spiro atoms. The Bertz CT molecular complexity index is 1510. The van der Waals surface area contributed by atoms with E-state index in [-0.39, 0.29) is 46.3 Å². The second-order valence-corrected chi connectivity index (χ2v) is 9.48. The summed E-state index contributed by atoms with van der Waals surface area (Å²) in [6.07, 6.45) is 1.48. The highest BCUT2D eigenvalue weighted by molar-refractivity contribution is 8.27. The van der Waals surface area contributed by atoms with Crippen LogP contribution in [0.1, 0.15) is 11.1 Å². The lowest BCUT2D eigenvalue weighted by molar-refractivity contribution is -0.114. The SMILES string of the molecule is COc1cc(C=C2C(=N)N3N=C(COc4ccccc4)SC3=NC2=O)cc(Cl)c1OCc1ccccc1F. The molecule has 0 saturated carbocycles. The Labute approximate surface area is 226 Å². The van der Waals surface area contributed by atoms with Crippen LogP contribution in [0.3, 0.4) is 0 Å². The summed E-state index contributed by atoms with van der Waals surface area (Å²) in [5.74, 6) is 0.0989. The van der Waals surface area contributed by atoms with Crippen LogP contribution in [0.15, 0.2) is 82.4 Å². The molecule has 0 fully saturated rings. The number of hydrogen-bond acceptors (Lipinski definition) is 7. The zero-order valence-corrected chi connectivity index (χ0v) is 21.6. The number of halogens is 2. The molecular weight excluding hydrogens is 531 g/mol. The van der Waals surface area contributed by atoms with Crippen LogP contribution in [0.2, 0.25) is 5.02 Å². The van der Waals surface area contributed by atoms with Gasteiger partial charge in [0.15, 0.2) is 17.3 Å². The molecule has 0 unspecified atom stereocenters. The van der Waals surface area contributed by atoms with E-state index in [0.29, 0.717) is 21.9 Å². The molecule has 0 radical (unpaired) electrons. The highest BCUT2D eigenvalue weighted by Crippen LogP contribution is 2.38. The molecule has 8 nitrogen and oxygen atoms in total. The molecule has 2 aliphatic rings. The van der Waals surface area contributed by atoms with E-state index in [1.165, 1.54) is 36.0 Å². The van der Waals surface area contributed by atoms with Gasteiger partial charge in [-0.2, -0.15) is 15.1 Å². The largest absolute Gasteiger partial charge is 0.493 e. The number of carbonyl (C=O) groups excluding carboxylic acids is 1. The lowest BCUT2D eigenvalue weighted by Gasteiger charge is -2.20. The normalized spacial score (nSPS) is 15.8. The molecule has 5 rings (SSSR count). The number of ether oxygens (including phenoxy) is 3. The number of aliphatic imine (C=N–C) groups is 1. The van der Waals surface area contributed by atoms with Gasteiger partial charge >= 0.3 is 0 Å². The molecule has 3 aromatic carbocycles. The van der Waals surface area contributed by atoms with E-state index in [2.05, 4.69) is 10.1 Å². The van der Waals surface area contributed by atoms with Crippen LogP contribution in [0.4, 0.5) is 4.39 Å². The van der Waals surface area contributed by atoms with Crippen molar-refractivity contribution in [3.05, 3.63) is 94.3 Å². The Morgan fingerprint density at radius 1 is 1.08 bits per heavy atom. The molecule has 0 aliphatic carbocycles. The summed E-state index contributed by atoms with van der Waals surface area (Å²) in [7, 11) is 1.44. The summed E-state index contributed by atoms with van der Waals surface area (Å²) in [6.45, 7) is 0.122. The van der Waals surface area contributed by atoms with Gasteiger partial charge in [-0.15, -0.1) is 0 Å². The molecular formula is C27H20ClFN4O4S. The van der Waals surface area contributed by atoms with Crippen LogP contribution < -0.4 is 14.2 Å². The number of para-hydroxylation sites is 1. The maximum absolute atomic E-state index is 14.0. The molecule has 2 aliphatic heterocycles. The zero-order valence-electron chi connectivity index (χ0n) is 20.0. The lowest BCUT2D eigenvalue weighted by atomic mass is 10.1. The average Bonchev–Trinajstić information content (AvgIpc) is 3.33. The summed E-state index contributed by atoms with van der Waals surface area (Å²) in [5.41, 5.74) is 0.881. The van der Waals surface area contributed by atoms with Crippen molar-refractivity contribution >= 4 is 51.4 Å². The first-order chi connectivity index (χ1) is 18.4. The van der Waals surface area contributed by atoms with Crippen molar-refractivity contribution in [1.82, 2.24) is 5.01 Å². The number of hydrogen-bond donors (Lipinski definition) is 1. The Kier molecular flexibility index (Phi) is 7.43. The first-order valence-electron chi connectivity index (χ1n) is 11.3. The predicted octanol–water partition coefficient (Wildman–Crippen LogP) is 5.76. The van der Waals surface area contributed by atoms with Gasteiger partial charge in [0.2, 0.25) is 5.17 Å². The highest BCUT2D eigenvalue weighted by atomic mass is 35.5. The Morgan fingerprint density at radius 2 is 1.84 bits per heavy atom. The van der Waals surface area contributed by atoms with Crippen molar-refractivity contribution in [2.24, 2.45) is 10.1 Å². The van der Waals surface area contributed by atoms with Crippen LogP contribution in [0.5, 0.6) is 17.2 Å². The minimum atomic E-state index is -0.579. The monoisotopic (exact) mass is 550 g/mol. The van der Waals surface area contributed by atoms with E-state index < -0.39 is 11.7 Å². The van der Waals surface area contributed by atoms with Gasteiger partial charge in [0, 0.05) is 5.56 Å². The van der Waals surface area contributed by atoms with E-state index in [1.54, 1.807) is 30.3 Å². The first-order valence-corrected chi connectivity index (χ1v) is 12.5. The smallest absolute Gasteiger partial charge is 0.283 e. The number of carbonyl (C=O) groups is 1. The number of nitrogens with zero attached hydrogens (tertiary/aromatic N) is 3. The number of amidine groups is 2. The zero-order chi connectivity index (χ0) is 26.6. The van der Waals surface area contributed by atoms with E-state index in [1.807, 2.05) is 30.3 Å². The predicted molar refractivity (Wildman–Crippen MR) is 146 cm³/mol. The number of thioether (sulfide) groups is 1. The fourth-order valence-corrected chi connectivity index (χ4v) is 4.72. The number of methoxy groups -OCH3 is 1. The Balaban J connectivity index is 1.35. The minimum Gasteiger partial charge on any atom is -0.493 e. The Morgan fingerprint density at radius 3 is 2.61 bits per heavy atom. The topological polar surface area (TPSA) is 96.6 Å². The molecule has 0 aromatic heterocycles. The third-order valence-corrected chi connectivity index (χ3v) is 6.66. The molecule has 192 valence electrons. The van der Waals surface area contributed by atoms with Crippen LogP contribution >= 0.6 is 23.4 Å². The van der Waals surface area contributed by atoms with Crippen LogP contribution in [-0.4, -0.2) is 40.7 Å². The third-order valence-electron chi connectivity index (χ3n) is 5.49. The molecule has 38 heavy (non-hydrogen) atoms. The molecule has 0 bridgehead atoms. The highest BCUT2D eigenvalue weighted by Gasteiger charge is 2.35. The van der Waals surface area contributed by atoms with Crippen molar-refractivity contribution in [3.8, 4) is 17.2 Å². The molecule has 11 heteroatoms. The Hall–Kier alpha value is -4.15. The summed E-state index contributed by atoms with van der Waals surface area (Å²) < 4.78 is 30.9. The van der Waals surface area contributed by atoms with Crippen molar-refractivity contribution in [1.29, 1.82) is 5.41 Å². The van der Waals surface area contributed by atoms with Gasteiger partial charge in [0.25, 0.3) is 5.91 Å². The number of benzene rings is 3. The van der Waals surface area contributed by atoms with Crippen molar-refractivity contribution < 1.29 is 23.4 Å². The fourth-order valence-electron chi connectivity index (χ4n) is 3.65. The number of amides is 1. The summed E-state index contributed by atoms with van der Waals surface area (Å²) >= 11 is 7.63. The molecule has 0 saturated heterocycles. The molecule has 2 heterocycles. The number of hydrazone groups is 1. The molecule has 1 amide bonds. The third kappa shape index (κ3) is 5.41. The minimum absolute atomic E-state index is 0.0291. The van der Waals surface area contributed by atoms with E-state index >= 15 is 0 Å². The lowest BCUT2D eigenvalue weighted by Crippen LogP contribution is -2.35. The van der Waals surface area contributed by atoms with Crippen LogP contribution in [-0.2, 0) is 11.4 Å². The summed E-state index contributed by atoms with van der Waals surface area (Å²) in [6, 6.07) is 18.7. The summed E-state index contributed by atoms with van der Waals surface area (Å²) in [5, 5.41) is 15.3. The maximum atomic E-state index is 14.0. The standard InChI is InChI=1S/C27H20ClFN4O4S/c1-35-22-13-16(12-20(28)24(22)37-14-17-7-5-6-10-21(17)29)11-19-25(30)33-27(31-26(19)34)38-23(32-33)15-36-18-8-3-2-4-9-18/h2-13,30H,14-15H2,1H3. The maximum Gasteiger partial charge on any atom is 0.283 e. The molecule has 0 atom stereocenters. The first kappa shape index (κ1) is 25.5. The van der Waals surface area contributed by atoms with Gasteiger partial charge in [-0.3, -0.25) is 10.2 Å². The van der Waals surface area contributed by atoms with Gasteiger partial charge in [-0.1, -0.05) is 48.0 Å². The van der Waals surface area contributed by atoms with Crippen molar-refractivity contribution in [2.75, 3.05) is 13.7 Å². The fraction of sp³-hybridized carbons (Fsp3) is 0.111. The van der Waals surface area contributed by atoms with Crippen LogP contribution in [0, 0.1) is 11.2 Å². The van der Waals surface area contributed by atoms with E-state index in [4.69, 9.17) is 31.2 Å². The second-order valence-electron chi connectivity index (χ2n) is 8.03. The average molecular weight is 551 g/mol. The van der Waals surface area contributed by atoms with Gasteiger partial charge in [-0.25, -0.2) is 4.39 Å². The van der Waals surface area contributed by atoms with Crippen molar-refractivity contribution in [2.45, 2.75) is 6.61 Å². The van der Waals surface area contributed by atoms with E-state index in [0.717, 1.165) is 0 Å². The summed E-state index contributed by atoms with van der Waals surface area (Å²) in [4.78, 5) is 16.9. The second kappa shape index (κ2) is 11.1.